The van der Waals surface area contributed by atoms with Crippen molar-refractivity contribution in [3.8, 4) is 0 Å². The molecular weight excluding hydrogens is 166 g/mol. The number of ether oxygens (including phenoxy) is 1. The van der Waals surface area contributed by atoms with Crippen molar-refractivity contribution in [2.75, 3.05) is 26.3 Å². The molecule has 1 heterocycles. The molecule has 76 valence electrons. The van der Waals surface area contributed by atoms with Crippen LogP contribution in [-0.2, 0) is 4.74 Å². The van der Waals surface area contributed by atoms with Crippen LogP contribution in [0, 0.1) is 0 Å². The Hall–Kier alpha value is -0.380. The number of aliphatic hydroxyl groups is 1. The second kappa shape index (κ2) is 4.74. The topological polar surface area (TPSA) is 41.5 Å². The van der Waals surface area contributed by atoms with Gasteiger partial charge in [-0.25, -0.2) is 0 Å². The van der Waals surface area contributed by atoms with Gasteiger partial charge in [0.05, 0.1) is 6.61 Å². The maximum absolute atomic E-state index is 9.85. The average Bonchev–Trinajstić information content (AvgIpc) is 2.47. The molecule has 0 amide bonds. The number of hydrogen-bond donors (Lipinski definition) is 2. The molecule has 1 fully saturated rings. The third kappa shape index (κ3) is 3.89. The Morgan fingerprint density at radius 2 is 2.46 bits per heavy atom. The predicted molar refractivity (Wildman–Crippen MR) is 52.7 cm³/mol. The van der Waals surface area contributed by atoms with E-state index in [1.807, 2.05) is 6.92 Å². The molecule has 0 saturated carbocycles. The lowest BCUT2D eigenvalue weighted by molar-refractivity contribution is 0.0273. The molecule has 0 aromatic carbocycles. The second-order valence-corrected chi connectivity index (χ2v) is 3.91. The summed E-state index contributed by atoms with van der Waals surface area (Å²) in [6, 6.07) is 0. The molecule has 1 aliphatic rings. The molecule has 0 bridgehead atoms. The van der Waals surface area contributed by atoms with Crippen LogP contribution in [0.15, 0.2) is 12.2 Å². The van der Waals surface area contributed by atoms with E-state index in [1.165, 1.54) is 5.57 Å². The highest BCUT2D eigenvalue weighted by atomic mass is 16.5. The normalized spacial score (nSPS) is 27.8. The average molecular weight is 185 g/mol. The Labute approximate surface area is 79.8 Å². The molecule has 1 atom stereocenters. The minimum atomic E-state index is -0.630. The van der Waals surface area contributed by atoms with Crippen molar-refractivity contribution < 1.29 is 9.84 Å². The van der Waals surface area contributed by atoms with Crippen LogP contribution in [0.3, 0.4) is 0 Å². The standard InChI is InChI=1S/C10H19NO2/c1-9(2)3-5-11-7-10(12)4-6-13-8-10/h11-12H,1,3-8H2,2H3. The highest BCUT2D eigenvalue weighted by Gasteiger charge is 2.31. The third-order valence-corrected chi connectivity index (χ3v) is 2.27. The molecule has 1 saturated heterocycles. The van der Waals surface area contributed by atoms with Gasteiger partial charge in [-0.15, -0.1) is 6.58 Å². The largest absolute Gasteiger partial charge is 0.386 e. The quantitative estimate of drug-likeness (QED) is 0.489. The van der Waals surface area contributed by atoms with Gasteiger partial charge < -0.3 is 15.2 Å². The van der Waals surface area contributed by atoms with Crippen LogP contribution in [0.2, 0.25) is 0 Å². The van der Waals surface area contributed by atoms with Gasteiger partial charge in [0, 0.05) is 19.6 Å². The highest BCUT2D eigenvalue weighted by molar-refractivity contribution is 4.90. The van der Waals surface area contributed by atoms with Gasteiger partial charge in [-0.2, -0.15) is 0 Å². The van der Waals surface area contributed by atoms with Crippen LogP contribution in [0.5, 0.6) is 0 Å². The fourth-order valence-corrected chi connectivity index (χ4v) is 1.36. The van der Waals surface area contributed by atoms with Crippen molar-refractivity contribution in [2.45, 2.75) is 25.4 Å². The molecule has 0 spiro atoms. The van der Waals surface area contributed by atoms with Crippen molar-refractivity contribution >= 4 is 0 Å². The molecule has 0 aromatic rings. The lowest BCUT2D eigenvalue weighted by atomic mass is 10.0. The van der Waals surface area contributed by atoms with Gasteiger partial charge in [0.15, 0.2) is 0 Å². The van der Waals surface area contributed by atoms with Gasteiger partial charge >= 0.3 is 0 Å². The smallest absolute Gasteiger partial charge is 0.102 e. The van der Waals surface area contributed by atoms with E-state index in [4.69, 9.17) is 4.74 Å². The Kier molecular flexibility index (Phi) is 3.90. The van der Waals surface area contributed by atoms with Crippen LogP contribution in [0.1, 0.15) is 19.8 Å². The van der Waals surface area contributed by atoms with Crippen LogP contribution < -0.4 is 5.32 Å². The fourth-order valence-electron chi connectivity index (χ4n) is 1.36. The SMILES string of the molecule is C=C(C)CCNCC1(O)CCOC1. The molecular formula is C10H19NO2. The molecule has 1 rings (SSSR count). The van der Waals surface area contributed by atoms with Crippen molar-refractivity contribution in [3.63, 3.8) is 0 Å². The van der Waals surface area contributed by atoms with E-state index in [-0.39, 0.29) is 0 Å². The monoisotopic (exact) mass is 185 g/mol. The zero-order valence-corrected chi connectivity index (χ0v) is 8.31. The van der Waals surface area contributed by atoms with Crippen molar-refractivity contribution in [1.82, 2.24) is 5.32 Å². The zero-order valence-electron chi connectivity index (χ0n) is 8.31. The van der Waals surface area contributed by atoms with E-state index < -0.39 is 5.60 Å². The zero-order chi connectivity index (χ0) is 9.73. The third-order valence-electron chi connectivity index (χ3n) is 2.27. The summed E-state index contributed by atoms with van der Waals surface area (Å²) < 4.78 is 5.13. The van der Waals surface area contributed by atoms with Crippen LogP contribution in [-0.4, -0.2) is 37.0 Å². The highest BCUT2D eigenvalue weighted by Crippen LogP contribution is 2.16. The van der Waals surface area contributed by atoms with Gasteiger partial charge in [0.1, 0.15) is 5.60 Å². The summed E-state index contributed by atoms with van der Waals surface area (Å²) in [6.45, 7) is 8.48. The Morgan fingerprint density at radius 3 is 3.00 bits per heavy atom. The summed E-state index contributed by atoms with van der Waals surface area (Å²) in [5, 5.41) is 13.1. The van der Waals surface area contributed by atoms with Gasteiger partial charge in [-0.05, 0) is 19.9 Å². The van der Waals surface area contributed by atoms with Gasteiger partial charge in [0.25, 0.3) is 0 Å². The summed E-state index contributed by atoms with van der Waals surface area (Å²) >= 11 is 0. The van der Waals surface area contributed by atoms with Crippen molar-refractivity contribution in [1.29, 1.82) is 0 Å². The number of rotatable bonds is 5. The van der Waals surface area contributed by atoms with E-state index in [2.05, 4.69) is 11.9 Å². The lowest BCUT2D eigenvalue weighted by Gasteiger charge is -2.20. The Morgan fingerprint density at radius 1 is 1.69 bits per heavy atom. The first-order chi connectivity index (χ1) is 6.12. The first kappa shape index (κ1) is 10.7. The maximum Gasteiger partial charge on any atom is 0.102 e. The summed E-state index contributed by atoms with van der Waals surface area (Å²) in [5.74, 6) is 0. The van der Waals surface area contributed by atoms with E-state index in [9.17, 15) is 5.11 Å². The maximum atomic E-state index is 9.85. The molecule has 2 N–H and O–H groups in total. The van der Waals surface area contributed by atoms with Crippen LogP contribution in [0.25, 0.3) is 0 Å². The van der Waals surface area contributed by atoms with E-state index in [0.29, 0.717) is 19.8 Å². The number of nitrogens with one attached hydrogen (secondary N) is 1. The van der Waals surface area contributed by atoms with Gasteiger partial charge in [0.2, 0.25) is 0 Å². The molecule has 1 aliphatic heterocycles. The summed E-state index contributed by atoms with van der Waals surface area (Å²) in [6.07, 6.45) is 1.71. The summed E-state index contributed by atoms with van der Waals surface area (Å²) in [4.78, 5) is 0. The van der Waals surface area contributed by atoms with E-state index in [1.54, 1.807) is 0 Å². The molecule has 13 heavy (non-hydrogen) atoms. The Balaban J connectivity index is 2.07. The van der Waals surface area contributed by atoms with Gasteiger partial charge in [-0.3, -0.25) is 0 Å². The van der Waals surface area contributed by atoms with E-state index in [0.717, 1.165) is 19.4 Å². The fraction of sp³-hybridized carbons (Fsp3) is 0.800. The molecule has 1 unspecified atom stereocenters. The lowest BCUT2D eigenvalue weighted by Crippen LogP contribution is -2.41. The minimum absolute atomic E-state index is 0.465. The van der Waals surface area contributed by atoms with Gasteiger partial charge in [-0.1, -0.05) is 5.57 Å². The van der Waals surface area contributed by atoms with Crippen LogP contribution >= 0.6 is 0 Å². The molecule has 0 aromatic heterocycles. The molecule has 3 heteroatoms. The first-order valence-electron chi connectivity index (χ1n) is 4.78. The van der Waals surface area contributed by atoms with Crippen molar-refractivity contribution in [3.05, 3.63) is 12.2 Å². The first-order valence-corrected chi connectivity index (χ1v) is 4.78. The molecule has 3 nitrogen and oxygen atoms in total. The van der Waals surface area contributed by atoms with Crippen molar-refractivity contribution in [2.24, 2.45) is 0 Å². The number of hydrogen-bond acceptors (Lipinski definition) is 3. The second-order valence-electron chi connectivity index (χ2n) is 3.91. The molecule has 0 aliphatic carbocycles. The molecule has 0 radical (unpaired) electrons. The predicted octanol–water partition coefficient (Wildman–Crippen LogP) is 0.694. The summed E-state index contributed by atoms with van der Waals surface area (Å²) in [7, 11) is 0. The van der Waals surface area contributed by atoms with Crippen LogP contribution in [0.4, 0.5) is 0 Å². The minimum Gasteiger partial charge on any atom is -0.386 e. The summed E-state index contributed by atoms with van der Waals surface area (Å²) in [5.41, 5.74) is 0.539. The van der Waals surface area contributed by atoms with E-state index >= 15 is 0 Å². The Bertz CT molecular complexity index is 174.